The van der Waals surface area contributed by atoms with Crippen molar-refractivity contribution in [3.63, 3.8) is 0 Å². The Balaban J connectivity index is 1.79. The lowest BCUT2D eigenvalue weighted by molar-refractivity contribution is -0.143. The van der Waals surface area contributed by atoms with Gasteiger partial charge in [0.05, 0.1) is 13.0 Å². The number of carboxylic acids is 1. The number of hydrogen-bond donors (Lipinski definition) is 2. The van der Waals surface area contributed by atoms with Crippen LogP contribution in [0.1, 0.15) is 38.2 Å². The standard InChI is InChI=1S/C19H28N2O4/c1-13-10-16(18(22)23)12-21(11-13)19(24)20-9-8-14(2)15-4-6-17(25-3)7-5-15/h4-7,13-14,16H,8-12H2,1-3H3,(H,20,24)(H,22,23). The van der Waals surface area contributed by atoms with Gasteiger partial charge in [-0.1, -0.05) is 26.0 Å². The molecule has 1 heterocycles. The molecule has 1 fully saturated rings. The van der Waals surface area contributed by atoms with Gasteiger partial charge in [0, 0.05) is 19.6 Å². The highest BCUT2D eigenvalue weighted by Crippen LogP contribution is 2.23. The van der Waals surface area contributed by atoms with Crippen LogP contribution in [0.5, 0.6) is 5.75 Å². The first kappa shape index (κ1) is 19.1. The average molecular weight is 348 g/mol. The smallest absolute Gasteiger partial charge is 0.317 e. The summed E-state index contributed by atoms with van der Waals surface area (Å²) in [6.45, 7) is 5.58. The van der Waals surface area contributed by atoms with Crippen LogP contribution in [0.3, 0.4) is 0 Å². The maximum Gasteiger partial charge on any atom is 0.317 e. The van der Waals surface area contributed by atoms with E-state index in [9.17, 15) is 14.7 Å². The van der Waals surface area contributed by atoms with Crippen LogP contribution >= 0.6 is 0 Å². The molecule has 3 unspecified atom stereocenters. The summed E-state index contributed by atoms with van der Waals surface area (Å²) in [6, 6.07) is 7.78. The molecule has 2 N–H and O–H groups in total. The molecular weight excluding hydrogens is 320 g/mol. The van der Waals surface area contributed by atoms with Crippen LogP contribution < -0.4 is 10.1 Å². The first-order valence-corrected chi connectivity index (χ1v) is 8.80. The van der Waals surface area contributed by atoms with Crippen LogP contribution in [-0.2, 0) is 4.79 Å². The molecule has 0 bridgehead atoms. The van der Waals surface area contributed by atoms with Crippen LogP contribution in [0, 0.1) is 11.8 Å². The van der Waals surface area contributed by atoms with Crippen molar-refractivity contribution in [2.24, 2.45) is 11.8 Å². The first-order valence-electron chi connectivity index (χ1n) is 8.80. The van der Waals surface area contributed by atoms with Gasteiger partial charge < -0.3 is 20.1 Å². The molecule has 2 amide bonds. The van der Waals surface area contributed by atoms with Crippen molar-refractivity contribution in [2.75, 3.05) is 26.7 Å². The molecule has 2 rings (SSSR count). The van der Waals surface area contributed by atoms with Gasteiger partial charge in [0.1, 0.15) is 5.75 Å². The molecule has 0 saturated carbocycles. The summed E-state index contributed by atoms with van der Waals surface area (Å²) in [5.74, 6) is 0.0683. The Morgan fingerprint density at radius 1 is 1.32 bits per heavy atom. The van der Waals surface area contributed by atoms with E-state index in [1.807, 2.05) is 31.2 Å². The number of nitrogens with one attached hydrogen (secondary N) is 1. The monoisotopic (exact) mass is 348 g/mol. The third-order valence-electron chi connectivity index (χ3n) is 4.83. The van der Waals surface area contributed by atoms with E-state index in [0.29, 0.717) is 32.0 Å². The Morgan fingerprint density at radius 3 is 2.60 bits per heavy atom. The molecule has 0 spiro atoms. The number of carbonyl (C=O) groups is 2. The molecule has 1 aliphatic heterocycles. The number of carboxylic acid groups (broad SMARTS) is 1. The highest BCUT2D eigenvalue weighted by Gasteiger charge is 2.31. The highest BCUT2D eigenvalue weighted by molar-refractivity contribution is 5.76. The Labute approximate surface area is 149 Å². The Hall–Kier alpha value is -2.24. The van der Waals surface area contributed by atoms with Crippen LogP contribution in [0.15, 0.2) is 24.3 Å². The zero-order valence-corrected chi connectivity index (χ0v) is 15.2. The van der Waals surface area contributed by atoms with Crippen molar-refractivity contribution in [1.82, 2.24) is 10.2 Å². The van der Waals surface area contributed by atoms with E-state index in [-0.39, 0.29) is 11.9 Å². The largest absolute Gasteiger partial charge is 0.497 e. The number of ether oxygens (including phenoxy) is 1. The van der Waals surface area contributed by atoms with Gasteiger partial charge in [-0.05, 0) is 42.4 Å². The van der Waals surface area contributed by atoms with Crippen molar-refractivity contribution < 1.29 is 19.4 Å². The van der Waals surface area contributed by atoms with Crippen LogP contribution in [0.2, 0.25) is 0 Å². The molecule has 1 aromatic carbocycles. The summed E-state index contributed by atoms with van der Waals surface area (Å²) in [4.78, 5) is 25.2. The number of hydrogen-bond acceptors (Lipinski definition) is 3. The molecule has 6 nitrogen and oxygen atoms in total. The second kappa shape index (κ2) is 8.74. The second-order valence-corrected chi connectivity index (χ2v) is 6.98. The number of amides is 2. The number of methoxy groups -OCH3 is 1. The Kier molecular flexibility index (Phi) is 6.67. The molecule has 1 aromatic rings. The minimum absolute atomic E-state index is 0.167. The maximum absolute atomic E-state index is 12.3. The number of rotatable bonds is 6. The van der Waals surface area contributed by atoms with Crippen molar-refractivity contribution in [3.05, 3.63) is 29.8 Å². The zero-order valence-electron chi connectivity index (χ0n) is 15.2. The lowest BCUT2D eigenvalue weighted by Gasteiger charge is -2.34. The van der Waals surface area contributed by atoms with Crippen molar-refractivity contribution in [3.8, 4) is 5.75 Å². The van der Waals surface area contributed by atoms with Crippen LogP contribution in [0.4, 0.5) is 4.79 Å². The quantitative estimate of drug-likeness (QED) is 0.828. The van der Waals surface area contributed by atoms with Gasteiger partial charge in [0.15, 0.2) is 0 Å². The fourth-order valence-corrected chi connectivity index (χ4v) is 3.30. The van der Waals surface area contributed by atoms with E-state index in [4.69, 9.17) is 4.74 Å². The molecule has 25 heavy (non-hydrogen) atoms. The number of piperidine rings is 1. The molecule has 138 valence electrons. The van der Waals surface area contributed by atoms with Crippen LogP contribution in [0.25, 0.3) is 0 Å². The lowest BCUT2D eigenvalue weighted by atomic mass is 9.91. The Bertz CT molecular complexity index is 588. The Morgan fingerprint density at radius 2 is 2.00 bits per heavy atom. The minimum Gasteiger partial charge on any atom is -0.497 e. The van der Waals surface area contributed by atoms with Gasteiger partial charge in [-0.3, -0.25) is 4.79 Å². The molecule has 1 aliphatic rings. The topological polar surface area (TPSA) is 78.9 Å². The molecular formula is C19H28N2O4. The van der Waals surface area contributed by atoms with E-state index in [1.54, 1.807) is 12.0 Å². The van der Waals surface area contributed by atoms with E-state index >= 15 is 0 Å². The normalized spacial score (nSPS) is 21.5. The van der Waals surface area contributed by atoms with Gasteiger partial charge >= 0.3 is 12.0 Å². The molecule has 6 heteroatoms. The number of carbonyl (C=O) groups excluding carboxylic acids is 1. The van der Waals surface area contributed by atoms with E-state index in [0.717, 1.165) is 12.2 Å². The van der Waals surface area contributed by atoms with Gasteiger partial charge in [0.25, 0.3) is 0 Å². The predicted molar refractivity (Wildman–Crippen MR) is 95.9 cm³/mol. The van der Waals surface area contributed by atoms with Crippen molar-refractivity contribution in [1.29, 1.82) is 0 Å². The van der Waals surface area contributed by atoms with E-state index < -0.39 is 11.9 Å². The van der Waals surface area contributed by atoms with Gasteiger partial charge in [-0.15, -0.1) is 0 Å². The number of urea groups is 1. The number of aliphatic carboxylic acids is 1. The lowest BCUT2D eigenvalue weighted by Crippen LogP contribution is -2.49. The van der Waals surface area contributed by atoms with Crippen LogP contribution in [-0.4, -0.2) is 48.8 Å². The number of likely N-dealkylation sites (tertiary alicyclic amines) is 1. The first-order chi connectivity index (χ1) is 11.9. The molecule has 3 atom stereocenters. The summed E-state index contributed by atoms with van der Waals surface area (Å²) in [5.41, 5.74) is 1.20. The maximum atomic E-state index is 12.3. The average Bonchev–Trinajstić information content (AvgIpc) is 2.61. The summed E-state index contributed by atoms with van der Waals surface area (Å²) in [6.07, 6.45) is 1.46. The van der Waals surface area contributed by atoms with Crippen molar-refractivity contribution >= 4 is 12.0 Å². The molecule has 0 radical (unpaired) electrons. The predicted octanol–water partition coefficient (Wildman–Crippen LogP) is 2.94. The fraction of sp³-hybridized carbons (Fsp3) is 0.579. The highest BCUT2D eigenvalue weighted by atomic mass is 16.5. The fourth-order valence-electron chi connectivity index (χ4n) is 3.30. The van der Waals surface area contributed by atoms with Crippen molar-refractivity contribution in [2.45, 2.75) is 32.6 Å². The summed E-state index contributed by atoms with van der Waals surface area (Å²) < 4.78 is 5.16. The third-order valence-corrected chi connectivity index (χ3v) is 4.83. The summed E-state index contributed by atoms with van der Waals surface area (Å²) in [7, 11) is 1.64. The van der Waals surface area contributed by atoms with Gasteiger partial charge in [-0.2, -0.15) is 0 Å². The number of benzene rings is 1. The van der Waals surface area contributed by atoms with E-state index in [2.05, 4.69) is 12.2 Å². The van der Waals surface area contributed by atoms with Gasteiger partial charge in [-0.25, -0.2) is 4.79 Å². The SMILES string of the molecule is COc1ccc(C(C)CCNC(=O)N2CC(C)CC(C(=O)O)C2)cc1. The van der Waals surface area contributed by atoms with E-state index in [1.165, 1.54) is 5.56 Å². The van der Waals surface area contributed by atoms with Gasteiger partial charge in [0.2, 0.25) is 0 Å². The summed E-state index contributed by atoms with van der Waals surface area (Å²) in [5, 5.41) is 12.1. The third kappa shape index (κ3) is 5.37. The molecule has 1 saturated heterocycles. The zero-order chi connectivity index (χ0) is 18.4. The minimum atomic E-state index is -0.822. The molecule has 0 aliphatic carbocycles. The summed E-state index contributed by atoms with van der Waals surface area (Å²) >= 11 is 0. The molecule has 0 aromatic heterocycles. The second-order valence-electron chi connectivity index (χ2n) is 6.98. The number of nitrogens with zero attached hydrogens (tertiary/aromatic N) is 1.